The Morgan fingerprint density at radius 1 is 1.21 bits per heavy atom. The number of rotatable bonds is 1. The molecule has 0 aromatic heterocycles. The molecule has 0 saturated carbocycles. The van der Waals surface area contributed by atoms with Gasteiger partial charge in [-0.2, -0.15) is 0 Å². The van der Waals surface area contributed by atoms with E-state index in [9.17, 15) is 13.2 Å². The third kappa shape index (κ3) is 1.06. The van der Waals surface area contributed by atoms with Crippen LogP contribution in [0.1, 0.15) is 5.56 Å². The first kappa shape index (κ1) is 8.96. The maximum Gasteiger partial charge on any atom is 0.260 e. The van der Waals surface area contributed by atoms with Crippen LogP contribution < -0.4 is 5.73 Å². The molecule has 0 bridgehead atoms. The smallest absolute Gasteiger partial charge is 0.260 e. The van der Waals surface area contributed by atoms with Crippen molar-refractivity contribution in [1.29, 1.82) is 0 Å². The summed E-state index contributed by atoms with van der Waals surface area (Å²) in [6.07, 6.45) is 1.30. The second-order valence-electron chi connectivity index (χ2n) is 2.91. The molecular formula is C9H7NO3S. The molecule has 4 nitrogen and oxygen atoms in total. The Labute approximate surface area is 81.0 Å². The van der Waals surface area contributed by atoms with Crippen molar-refractivity contribution in [2.75, 3.05) is 0 Å². The van der Waals surface area contributed by atoms with E-state index in [4.69, 9.17) is 5.73 Å². The highest BCUT2D eigenvalue weighted by Gasteiger charge is 2.32. The van der Waals surface area contributed by atoms with E-state index >= 15 is 0 Å². The normalized spacial score (nSPS) is 17.3. The van der Waals surface area contributed by atoms with Gasteiger partial charge in [0.25, 0.3) is 5.91 Å². The molecule has 1 aromatic rings. The van der Waals surface area contributed by atoms with E-state index in [1.54, 1.807) is 18.2 Å². The van der Waals surface area contributed by atoms with Crippen LogP contribution in [0.5, 0.6) is 0 Å². The van der Waals surface area contributed by atoms with Gasteiger partial charge in [0.2, 0.25) is 9.84 Å². The Morgan fingerprint density at radius 3 is 2.43 bits per heavy atom. The lowest BCUT2D eigenvalue weighted by Crippen LogP contribution is -2.18. The highest BCUT2D eigenvalue weighted by Crippen LogP contribution is 2.31. The average Bonchev–Trinajstić information content (AvgIpc) is 2.39. The van der Waals surface area contributed by atoms with E-state index in [1.165, 1.54) is 12.1 Å². The summed E-state index contributed by atoms with van der Waals surface area (Å²) in [5, 5.41) is 0. The van der Waals surface area contributed by atoms with Crippen LogP contribution in [0, 0.1) is 0 Å². The molecule has 2 N–H and O–H groups in total. The molecule has 0 unspecified atom stereocenters. The summed E-state index contributed by atoms with van der Waals surface area (Å²) in [7, 11) is -3.66. The fourth-order valence-corrected chi connectivity index (χ4v) is 2.86. The molecule has 1 heterocycles. The molecule has 14 heavy (non-hydrogen) atoms. The van der Waals surface area contributed by atoms with Crippen molar-refractivity contribution in [3.63, 3.8) is 0 Å². The van der Waals surface area contributed by atoms with Gasteiger partial charge < -0.3 is 5.73 Å². The number of benzene rings is 1. The number of fused-ring (bicyclic) bond motifs is 1. The van der Waals surface area contributed by atoms with Crippen LogP contribution >= 0.6 is 0 Å². The van der Waals surface area contributed by atoms with Crippen LogP contribution in [0.2, 0.25) is 0 Å². The third-order valence-corrected chi connectivity index (χ3v) is 3.88. The molecule has 0 saturated heterocycles. The Kier molecular flexibility index (Phi) is 1.72. The number of hydrogen-bond acceptors (Lipinski definition) is 3. The molecule has 0 aliphatic carbocycles. The van der Waals surface area contributed by atoms with Crippen LogP contribution in [-0.4, -0.2) is 14.3 Å². The number of sulfone groups is 1. The van der Waals surface area contributed by atoms with E-state index in [-0.39, 0.29) is 9.80 Å². The van der Waals surface area contributed by atoms with Crippen molar-refractivity contribution in [3.05, 3.63) is 34.7 Å². The molecule has 1 amide bonds. The first-order chi connectivity index (χ1) is 6.53. The minimum Gasteiger partial charge on any atom is -0.365 e. The van der Waals surface area contributed by atoms with Gasteiger partial charge >= 0.3 is 0 Å². The fourth-order valence-electron chi connectivity index (χ4n) is 1.39. The SMILES string of the molecule is NC(=O)C1=Cc2ccccc2S1(=O)=O. The number of amides is 1. The number of primary amides is 1. The van der Waals surface area contributed by atoms with E-state index in [2.05, 4.69) is 0 Å². The molecule has 5 heteroatoms. The molecule has 1 aromatic carbocycles. The van der Waals surface area contributed by atoms with Gasteiger partial charge in [-0.1, -0.05) is 18.2 Å². The molecule has 1 aliphatic rings. The largest absolute Gasteiger partial charge is 0.365 e. The van der Waals surface area contributed by atoms with E-state index in [0.717, 1.165) is 0 Å². The minimum absolute atomic E-state index is 0.147. The summed E-state index contributed by atoms with van der Waals surface area (Å²) in [6, 6.07) is 6.39. The van der Waals surface area contributed by atoms with Crippen LogP contribution in [-0.2, 0) is 14.6 Å². The van der Waals surface area contributed by atoms with Crippen LogP contribution in [0.3, 0.4) is 0 Å². The van der Waals surface area contributed by atoms with E-state index in [0.29, 0.717) is 5.56 Å². The Bertz CT molecular complexity index is 543. The second-order valence-corrected chi connectivity index (χ2v) is 4.80. The first-order valence-corrected chi connectivity index (χ1v) is 5.37. The van der Waals surface area contributed by atoms with Gasteiger partial charge in [0.1, 0.15) is 4.91 Å². The number of carbonyl (C=O) groups is 1. The van der Waals surface area contributed by atoms with Crippen LogP contribution in [0.4, 0.5) is 0 Å². The zero-order valence-corrected chi connectivity index (χ0v) is 7.91. The molecule has 2 rings (SSSR count). The predicted octanol–water partition coefficient (Wildman–Crippen LogP) is 0.300. The summed E-state index contributed by atoms with van der Waals surface area (Å²) in [5.41, 5.74) is 5.48. The third-order valence-electron chi connectivity index (χ3n) is 2.03. The molecule has 0 atom stereocenters. The number of carbonyl (C=O) groups excluding carboxylic acids is 1. The summed E-state index contributed by atoms with van der Waals surface area (Å²) in [4.78, 5) is 10.7. The van der Waals surface area contributed by atoms with Crippen molar-refractivity contribution >= 4 is 21.8 Å². The highest BCUT2D eigenvalue weighted by molar-refractivity contribution is 7.96. The van der Waals surface area contributed by atoms with Crippen molar-refractivity contribution in [2.24, 2.45) is 5.73 Å². The minimum atomic E-state index is -3.66. The van der Waals surface area contributed by atoms with Gasteiger partial charge in [0, 0.05) is 0 Å². The van der Waals surface area contributed by atoms with E-state index in [1.807, 2.05) is 0 Å². The summed E-state index contributed by atoms with van der Waals surface area (Å²) >= 11 is 0. The zero-order chi connectivity index (χ0) is 10.3. The Morgan fingerprint density at radius 2 is 1.86 bits per heavy atom. The highest BCUT2D eigenvalue weighted by atomic mass is 32.2. The molecule has 0 radical (unpaired) electrons. The second kappa shape index (κ2) is 2.68. The fraction of sp³-hybridized carbons (Fsp3) is 0. The topological polar surface area (TPSA) is 77.2 Å². The van der Waals surface area contributed by atoms with Crippen LogP contribution in [0.25, 0.3) is 6.08 Å². The summed E-state index contributed by atoms with van der Waals surface area (Å²) in [6.45, 7) is 0. The number of nitrogens with two attached hydrogens (primary N) is 1. The van der Waals surface area contributed by atoms with Gasteiger partial charge in [0.15, 0.2) is 0 Å². The van der Waals surface area contributed by atoms with Gasteiger partial charge in [-0.3, -0.25) is 4.79 Å². The lowest BCUT2D eigenvalue weighted by molar-refractivity contribution is -0.113. The average molecular weight is 209 g/mol. The van der Waals surface area contributed by atoms with Crippen molar-refractivity contribution in [1.82, 2.24) is 0 Å². The van der Waals surface area contributed by atoms with Gasteiger partial charge in [-0.25, -0.2) is 8.42 Å². The predicted molar refractivity (Wildman–Crippen MR) is 50.8 cm³/mol. The number of hydrogen-bond donors (Lipinski definition) is 1. The quantitative estimate of drug-likeness (QED) is 0.722. The lowest BCUT2D eigenvalue weighted by atomic mass is 10.2. The van der Waals surface area contributed by atoms with Crippen LogP contribution in [0.15, 0.2) is 34.1 Å². The Balaban J connectivity index is 2.75. The summed E-state index contributed by atoms with van der Waals surface area (Å²) < 4.78 is 23.3. The molecule has 0 spiro atoms. The molecule has 0 fully saturated rings. The van der Waals surface area contributed by atoms with Gasteiger partial charge in [0.05, 0.1) is 4.90 Å². The first-order valence-electron chi connectivity index (χ1n) is 3.89. The standard InChI is InChI=1S/C9H7NO3S/c10-9(11)8-5-6-3-1-2-4-7(6)14(8,12)13/h1-5H,(H2,10,11). The monoisotopic (exact) mass is 209 g/mol. The molecule has 72 valence electrons. The van der Waals surface area contributed by atoms with Crippen molar-refractivity contribution in [2.45, 2.75) is 4.90 Å². The van der Waals surface area contributed by atoms with Crippen molar-refractivity contribution < 1.29 is 13.2 Å². The molecule has 1 aliphatic heterocycles. The van der Waals surface area contributed by atoms with Gasteiger partial charge in [-0.15, -0.1) is 0 Å². The maximum absolute atomic E-state index is 11.7. The Hall–Kier alpha value is -1.62. The summed E-state index contributed by atoms with van der Waals surface area (Å²) in [5.74, 6) is -0.916. The molecular weight excluding hydrogens is 202 g/mol. The lowest BCUT2D eigenvalue weighted by Gasteiger charge is -1.98. The zero-order valence-electron chi connectivity index (χ0n) is 7.10. The maximum atomic E-state index is 11.7. The van der Waals surface area contributed by atoms with Gasteiger partial charge in [-0.05, 0) is 17.7 Å². The van der Waals surface area contributed by atoms with E-state index < -0.39 is 15.7 Å². The van der Waals surface area contributed by atoms with Crippen molar-refractivity contribution in [3.8, 4) is 0 Å².